The van der Waals surface area contributed by atoms with Gasteiger partial charge >= 0.3 is 5.97 Å². The van der Waals surface area contributed by atoms with Crippen LogP contribution in [0.15, 0.2) is 30.3 Å². The molecule has 0 aliphatic heterocycles. The number of amides is 2. The highest BCUT2D eigenvalue weighted by Crippen LogP contribution is 1.99. The summed E-state index contributed by atoms with van der Waals surface area (Å²) in [4.78, 5) is 38.2. The van der Waals surface area contributed by atoms with Gasteiger partial charge in [-0.05, 0) is 17.4 Å². The molecule has 1 unspecified atom stereocenters. The van der Waals surface area contributed by atoms with Gasteiger partial charge in [-0.3, -0.25) is 14.4 Å². The molecular formula is C13H15N2O6. The van der Waals surface area contributed by atoms with Crippen LogP contribution in [0.4, 0.5) is 0 Å². The van der Waals surface area contributed by atoms with Gasteiger partial charge in [0.1, 0.15) is 19.2 Å². The Morgan fingerprint density at radius 1 is 1.19 bits per heavy atom. The summed E-state index contributed by atoms with van der Waals surface area (Å²) >= 11 is 0. The zero-order valence-electron chi connectivity index (χ0n) is 11.3. The molecule has 21 heavy (non-hydrogen) atoms. The third-order valence-electron chi connectivity index (χ3n) is 2.53. The van der Waals surface area contributed by atoms with Crippen LogP contribution in [0.1, 0.15) is 10.4 Å². The van der Waals surface area contributed by atoms with E-state index < -0.39 is 30.4 Å². The average Bonchev–Trinajstić information content (AvgIpc) is 2.52. The van der Waals surface area contributed by atoms with Gasteiger partial charge in [0.2, 0.25) is 5.91 Å². The fraction of sp³-hybridized carbons (Fsp3) is 0.308. The van der Waals surface area contributed by atoms with E-state index in [1.165, 1.54) is 7.11 Å². The van der Waals surface area contributed by atoms with Crippen molar-refractivity contribution in [2.24, 2.45) is 0 Å². The number of carbonyl (C=O) groups excluding carboxylic acids is 3. The topological polar surface area (TPSA) is 114 Å². The largest absolute Gasteiger partial charge is 0.468 e. The number of benzene rings is 1. The molecule has 0 fully saturated rings. The maximum atomic E-state index is 11.9. The van der Waals surface area contributed by atoms with Gasteiger partial charge in [-0.1, -0.05) is 18.2 Å². The predicted octanol–water partition coefficient (Wildman–Crippen LogP) is -0.564. The number of nitrogens with one attached hydrogen (secondary N) is 2. The minimum absolute atomic E-state index is 0.328. The zero-order valence-corrected chi connectivity index (χ0v) is 11.3. The molecule has 0 spiro atoms. The fourth-order valence-corrected chi connectivity index (χ4v) is 1.44. The van der Waals surface area contributed by atoms with Crippen molar-refractivity contribution in [1.29, 1.82) is 0 Å². The predicted molar refractivity (Wildman–Crippen MR) is 69.4 cm³/mol. The van der Waals surface area contributed by atoms with Gasteiger partial charge in [0.15, 0.2) is 0 Å². The van der Waals surface area contributed by atoms with E-state index in [1.54, 1.807) is 30.3 Å². The van der Waals surface area contributed by atoms with Crippen LogP contribution in [0.2, 0.25) is 0 Å². The first-order valence-electron chi connectivity index (χ1n) is 6.03. The van der Waals surface area contributed by atoms with Crippen molar-refractivity contribution >= 4 is 17.8 Å². The van der Waals surface area contributed by atoms with Crippen LogP contribution in [0.5, 0.6) is 0 Å². The summed E-state index contributed by atoms with van der Waals surface area (Å²) in [7, 11) is 1.17. The monoisotopic (exact) mass is 295 g/mol. The lowest BCUT2D eigenvalue weighted by Crippen LogP contribution is -2.50. The molecule has 0 saturated carbocycles. The van der Waals surface area contributed by atoms with Crippen LogP contribution in [-0.4, -0.2) is 44.1 Å². The molecule has 8 heteroatoms. The van der Waals surface area contributed by atoms with Gasteiger partial charge in [0.05, 0.1) is 7.11 Å². The van der Waals surface area contributed by atoms with E-state index in [9.17, 15) is 19.6 Å². The first-order valence-corrected chi connectivity index (χ1v) is 6.03. The van der Waals surface area contributed by atoms with Crippen LogP contribution in [-0.2, 0) is 24.5 Å². The molecule has 1 radical (unpaired) electrons. The van der Waals surface area contributed by atoms with Crippen LogP contribution in [0, 0.1) is 0 Å². The normalized spacial score (nSPS) is 11.3. The molecule has 0 heterocycles. The van der Waals surface area contributed by atoms with E-state index >= 15 is 0 Å². The van der Waals surface area contributed by atoms with Gasteiger partial charge < -0.3 is 15.4 Å². The number of carbonyl (C=O) groups is 3. The first-order chi connectivity index (χ1) is 10.1. The Morgan fingerprint density at radius 2 is 1.86 bits per heavy atom. The molecule has 0 aliphatic rings. The lowest BCUT2D eigenvalue weighted by Gasteiger charge is -2.16. The van der Waals surface area contributed by atoms with Crippen molar-refractivity contribution in [2.45, 2.75) is 6.04 Å². The highest BCUT2D eigenvalue weighted by molar-refractivity contribution is 5.97. The molecule has 1 atom stereocenters. The highest BCUT2D eigenvalue weighted by atomic mass is 17.1. The Hall–Kier alpha value is -2.45. The zero-order chi connectivity index (χ0) is 15.7. The molecule has 1 rings (SSSR count). The van der Waals surface area contributed by atoms with E-state index in [-0.39, 0.29) is 6.54 Å². The number of rotatable bonds is 7. The molecule has 1 aromatic rings. The summed E-state index contributed by atoms with van der Waals surface area (Å²) < 4.78 is 4.36. The minimum Gasteiger partial charge on any atom is -0.468 e. The molecular weight excluding hydrogens is 280 g/mol. The van der Waals surface area contributed by atoms with E-state index in [4.69, 9.17) is 0 Å². The maximum absolute atomic E-state index is 11.9. The van der Waals surface area contributed by atoms with E-state index in [2.05, 4.69) is 20.3 Å². The molecule has 0 aromatic heterocycles. The lowest BCUT2D eigenvalue weighted by atomic mass is 10.2. The maximum Gasteiger partial charge on any atom is 0.325 e. The van der Waals surface area contributed by atoms with Crippen LogP contribution in [0.25, 0.3) is 0 Å². The number of hydrogen-bond acceptors (Lipinski definition) is 5. The van der Waals surface area contributed by atoms with Crippen molar-refractivity contribution in [1.82, 2.24) is 10.6 Å². The fourth-order valence-electron chi connectivity index (χ4n) is 1.44. The summed E-state index contributed by atoms with van der Waals surface area (Å²) in [5, 5.41) is 14.8. The van der Waals surface area contributed by atoms with Crippen molar-refractivity contribution < 1.29 is 29.3 Å². The molecule has 1 aromatic carbocycles. The molecule has 113 valence electrons. The van der Waals surface area contributed by atoms with Gasteiger partial charge in [0.25, 0.3) is 5.91 Å². The number of methoxy groups -OCH3 is 1. The third kappa shape index (κ3) is 5.59. The second-order valence-electron chi connectivity index (χ2n) is 3.97. The number of hydrogen-bond donors (Lipinski definition) is 2. The van der Waals surface area contributed by atoms with Crippen LogP contribution in [0.3, 0.4) is 0 Å². The van der Waals surface area contributed by atoms with Crippen molar-refractivity contribution in [3.05, 3.63) is 35.9 Å². The van der Waals surface area contributed by atoms with Crippen molar-refractivity contribution in [2.75, 3.05) is 20.3 Å². The Labute approximate surface area is 121 Å². The molecule has 0 aliphatic carbocycles. The average molecular weight is 295 g/mol. The van der Waals surface area contributed by atoms with Crippen LogP contribution >= 0.6 is 0 Å². The Morgan fingerprint density at radius 3 is 2.43 bits per heavy atom. The second-order valence-corrected chi connectivity index (χ2v) is 3.97. The van der Waals surface area contributed by atoms with E-state index in [0.717, 1.165) is 0 Å². The quantitative estimate of drug-likeness (QED) is 0.397. The summed E-state index contributed by atoms with van der Waals surface area (Å²) in [6, 6.07) is 6.95. The summed E-state index contributed by atoms with van der Waals surface area (Å²) in [6.45, 7) is -0.933. The SMILES string of the molecule is COC(=O)CNC(=O)C(CO[O])NC(=O)c1ccccc1. The molecule has 0 bridgehead atoms. The van der Waals surface area contributed by atoms with Crippen LogP contribution < -0.4 is 10.6 Å². The van der Waals surface area contributed by atoms with Crippen molar-refractivity contribution in [3.63, 3.8) is 0 Å². The van der Waals surface area contributed by atoms with E-state index in [1.807, 2.05) is 0 Å². The summed E-state index contributed by atoms with van der Waals surface area (Å²) in [6.07, 6.45) is 0. The lowest BCUT2D eigenvalue weighted by molar-refractivity contribution is -0.305. The molecule has 2 amide bonds. The minimum atomic E-state index is -1.21. The Kier molecular flexibility index (Phi) is 6.85. The second kappa shape index (κ2) is 8.67. The van der Waals surface area contributed by atoms with Gasteiger partial charge in [0, 0.05) is 5.56 Å². The molecule has 8 nitrogen and oxygen atoms in total. The first kappa shape index (κ1) is 16.6. The smallest absolute Gasteiger partial charge is 0.325 e. The third-order valence-corrected chi connectivity index (χ3v) is 2.53. The Balaban J connectivity index is 2.62. The summed E-state index contributed by atoms with van der Waals surface area (Å²) in [5.74, 6) is -1.91. The number of ether oxygens (including phenoxy) is 1. The molecule has 0 saturated heterocycles. The van der Waals surface area contributed by atoms with Gasteiger partial charge in [-0.2, -0.15) is 0 Å². The standard InChI is InChI=1S/C13H15N2O6/c1-20-11(16)7-14-13(18)10(8-21-19)15-12(17)9-5-3-2-4-6-9/h2-6,10H,7-8H2,1H3,(H,14,18)(H,15,17). The summed E-state index contributed by atoms with van der Waals surface area (Å²) in [5.41, 5.74) is 0.328. The molecule has 2 N–H and O–H groups in total. The van der Waals surface area contributed by atoms with Gasteiger partial charge in [-0.15, -0.1) is 0 Å². The van der Waals surface area contributed by atoms with E-state index in [0.29, 0.717) is 5.56 Å². The highest BCUT2D eigenvalue weighted by Gasteiger charge is 2.22. The number of esters is 1. The van der Waals surface area contributed by atoms with Gasteiger partial charge in [-0.25, -0.2) is 4.89 Å². The van der Waals surface area contributed by atoms with Crippen molar-refractivity contribution in [3.8, 4) is 0 Å². The Bertz CT molecular complexity index is 491.